The predicted molar refractivity (Wildman–Crippen MR) is 44.5 cm³/mol. The number of carbonyl (C=O) groups is 3. The SMILES string of the molecule is CC1CC1C(=O)ON1C(=O)CCC1=O. The van der Waals surface area contributed by atoms with Gasteiger partial charge in [0.15, 0.2) is 0 Å². The highest BCUT2D eigenvalue weighted by Gasteiger charge is 2.43. The molecule has 0 aromatic carbocycles. The van der Waals surface area contributed by atoms with Crippen LogP contribution in [0.2, 0.25) is 0 Å². The molecule has 0 aromatic rings. The number of rotatable bonds is 2. The van der Waals surface area contributed by atoms with Crippen molar-refractivity contribution in [1.29, 1.82) is 0 Å². The third kappa shape index (κ3) is 1.49. The van der Waals surface area contributed by atoms with Crippen molar-refractivity contribution in [3.05, 3.63) is 0 Å². The van der Waals surface area contributed by atoms with Crippen LogP contribution in [0, 0.1) is 11.8 Å². The van der Waals surface area contributed by atoms with Gasteiger partial charge >= 0.3 is 5.97 Å². The number of amides is 2. The van der Waals surface area contributed by atoms with Crippen LogP contribution in [-0.4, -0.2) is 22.8 Å². The van der Waals surface area contributed by atoms with E-state index in [0.29, 0.717) is 11.0 Å². The van der Waals surface area contributed by atoms with Crippen LogP contribution < -0.4 is 0 Å². The zero-order valence-corrected chi connectivity index (χ0v) is 7.86. The Hall–Kier alpha value is -1.39. The van der Waals surface area contributed by atoms with Gasteiger partial charge in [0.2, 0.25) is 0 Å². The molecule has 2 unspecified atom stereocenters. The third-order valence-electron chi connectivity index (χ3n) is 2.60. The monoisotopic (exact) mass is 197 g/mol. The first-order valence-electron chi connectivity index (χ1n) is 4.67. The molecular formula is C9H11NO4. The summed E-state index contributed by atoms with van der Waals surface area (Å²) in [7, 11) is 0. The summed E-state index contributed by atoms with van der Waals surface area (Å²) in [5.74, 6) is -1.11. The molecule has 0 bridgehead atoms. The summed E-state index contributed by atoms with van der Waals surface area (Å²) in [5.41, 5.74) is 0. The fourth-order valence-corrected chi connectivity index (χ4v) is 1.47. The molecule has 5 nitrogen and oxygen atoms in total. The maximum absolute atomic E-state index is 11.3. The standard InChI is InChI=1S/C9H11NO4/c1-5-4-6(5)9(13)14-10-7(11)2-3-8(10)12/h5-6H,2-4H2,1H3. The van der Waals surface area contributed by atoms with Crippen LogP contribution in [0.4, 0.5) is 0 Å². The second kappa shape index (κ2) is 3.08. The van der Waals surface area contributed by atoms with E-state index in [1.54, 1.807) is 0 Å². The molecule has 1 saturated heterocycles. The smallest absolute Gasteiger partial charge is 0.330 e. The Kier molecular flexibility index (Phi) is 2.02. The largest absolute Gasteiger partial charge is 0.336 e. The van der Waals surface area contributed by atoms with Crippen molar-refractivity contribution in [2.24, 2.45) is 11.8 Å². The van der Waals surface area contributed by atoms with Gasteiger partial charge in [-0.15, -0.1) is 5.06 Å². The van der Waals surface area contributed by atoms with Gasteiger partial charge < -0.3 is 4.84 Å². The molecular weight excluding hydrogens is 186 g/mol. The van der Waals surface area contributed by atoms with Crippen LogP contribution in [-0.2, 0) is 19.2 Å². The Balaban J connectivity index is 1.93. The van der Waals surface area contributed by atoms with E-state index in [0.717, 1.165) is 6.42 Å². The summed E-state index contributed by atoms with van der Waals surface area (Å²) < 4.78 is 0. The maximum atomic E-state index is 11.3. The van der Waals surface area contributed by atoms with E-state index in [1.807, 2.05) is 6.92 Å². The summed E-state index contributed by atoms with van der Waals surface area (Å²) >= 11 is 0. The van der Waals surface area contributed by atoms with Crippen molar-refractivity contribution in [3.8, 4) is 0 Å². The molecule has 1 saturated carbocycles. The number of hydrogen-bond donors (Lipinski definition) is 0. The van der Waals surface area contributed by atoms with Crippen LogP contribution in [0.5, 0.6) is 0 Å². The van der Waals surface area contributed by atoms with Crippen LogP contribution >= 0.6 is 0 Å². The Bertz CT molecular complexity index is 296. The minimum Gasteiger partial charge on any atom is -0.330 e. The predicted octanol–water partition coefficient (Wildman–Crippen LogP) is 0.250. The Morgan fingerprint density at radius 3 is 2.29 bits per heavy atom. The number of imide groups is 1. The third-order valence-corrected chi connectivity index (χ3v) is 2.60. The van der Waals surface area contributed by atoms with Crippen LogP contribution in [0.15, 0.2) is 0 Å². The molecule has 2 rings (SSSR count). The molecule has 14 heavy (non-hydrogen) atoms. The quantitative estimate of drug-likeness (QED) is 0.595. The normalized spacial score (nSPS) is 30.8. The van der Waals surface area contributed by atoms with E-state index in [2.05, 4.69) is 0 Å². The minimum absolute atomic E-state index is 0.129. The second-order valence-electron chi connectivity index (χ2n) is 3.81. The van der Waals surface area contributed by atoms with Gasteiger partial charge in [0.1, 0.15) is 0 Å². The number of hydroxylamine groups is 2. The van der Waals surface area contributed by atoms with E-state index in [-0.39, 0.29) is 18.8 Å². The molecule has 2 aliphatic rings. The first kappa shape index (κ1) is 9.18. The van der Waals surface area contributed by atoms with Gasteiger partial charge in [0.25, 0.3) is 11.8 Å². The molecule has 1 heterocycles. The van der Waals surface area contributed by atoms with E-state index < -0.39 is 17.8 Å². The molecule has 5 heteroatoms. The van der Waals surface area contributed by atoms with Crippen molar-refractivity contribution in [2.45, 2.75) is 26.2 Å². The highest BCUT2D eigenvalue weighted by Crippen LogP contribution is 2.39. The van der Waals surface area contributed by atoms with Crippen LogP contribution in [0.25, 0.3) is 0 Å². The molecule has 0 N–H and O–H groups in total. The summed E-state index contributed by atoms with van der Waals surface area (Å²) in [6, 6.07) is 0. The molecule has 2 atom stereocenters. The van der Waals surface area contributed by atoms with Gasteiger partial charge in [-0.3, -0.25) is 9.59 Å². The van der Waals surface area contributed by atoms with Gasteiger partial charge in [-0.1, -0.05) is 6.92 Å². The molecule has 0 spiro atoms. The van der Waals surface area contributed by atoms with Gasteiger partial charge in [-0.05, 0) is 12.3 Å². The van der Waals surface area contributed by atoms with E-state index in [4.69, 9.17) is 4.84 Å². The highest BCUT2D eigenvalue weighted by atomic mass is 16.7. The second-order valence-corrected chi connectivity index (χ2v) is 3.81. The average molecular weight is 197 g/mol. The molecule has 0 aromatic heterocycles. The number of carbonyl (C=O) groups excluding carboxylic acids is 3. The van der Waals surface area contributed by atoms with Crippen molar-refractivity contribution in [3.63, 3.8) is 0 Å². The lowest BCUT2D eigenvalue weighted by atomic mass is 10.3. The van der Waals surface area contributed by atoms with Crippen molar-refractivity contribution < 1.29 is 19.2 Å². The maximum Gasteiger partial charge on any atom is 0.336 e. The van der Waals surface area contributed by atoms with Crippen LogP contribution in [0.1, 0.15) is 26.2 Å². The molecule has 0 radical (unpaired) electrons. The Morgan fingerprint density at radius 2 is 1.86 bits per heavy atom. The average Bonchev–Trinajstić information content (AvgIpc) is 2.79. The molecule has 2 amide bonds. The van der Waals surface area contributed by atoms with Crippen molar-refractivity contribution in [1.82, 2.24) is 5.06 Å². The fraction of sp³-hybridized carbons (Fsp3) is 0.667. The molecule has 1 aliphatic carbocycles. The van der Waals surface area contributed by atoms with E-state index in [1.165, 1.54) is 0 Å². The Labute approximate surface area is 81.0 Å². The number of hydrogen-bond acceptors (Lipinski definition) is 4. The van der Waals surface area contributed by atoms with Crippen LogP contribution in [0.3, 0.4) is 0 Å². The number of nitrogens with zero attached hydrogens (tertiary/aromatic N) is 1. The first-order valence-corrected chi connectivity index (χ1v) is 4.67. The van der Waals surface area contributed by atoms with Gasteiger partial charge in [0, 0.05) is 12.8 Å². The summed E-state index contributed by atoms with van der Waals surface area (Å²) in [4.78, 5) is 38.2. The minimum atomic E-state index is -0.457. The summed E-state index contributed by atoms with van der Waals surface area (Å²) in [6.07, 6.45) is 1.08. The Morgan fingerprint density at radius 1 is 1.36 bits per heavy atom. The van der Waals surface area contributed by atoms with E-state index >= 15 is 0 Å². The topological polar surface area (TPSA) is 63.7 Å². The van der Waals surface area contributed by atoms with Gasteiger partial charge in [0.05, 0.1) is 5.92 Å². The molecule has 76 valence electrons. The van der Waals surface area contributed by atoms with Crippen molar-refractivity contribution >= 4 is 17.8 Å². The molecule has 1 aliphatic heterocycles. The first-order chi connectivity index (χ1) is 6.59. The lowest BCUT2D eigenvalue weighted by Crippen LogP contribution is -2.32. The summed E-state index contributed by atoms with van der Waals surface area (Å²) in [5, 5.41) is 0.605. The highest BCUT2D eigenvalue weighted by molar-refractivity contribution is 6.01. The van der Waals surface area contributed by atoms with Gasteiger partial charge in [-0.2, -0.15) is 0 Å². The van der Waals surface area contributed by atoms with E-state index in [9.17, 15) is 14.4 Å². The lowest BCUT2D eigenvalue weighted by molar-refractivity contribution is -0.198. The zero-order chi connectivity index (χ0) is 10.3. The van der Waals surface area contributed by atoms with Crippen molar-refractivity contribution in [2.75, 3.05) is 0 Å². The fourth-order valence-electron chi connectivity index (χ4n) is 1.47. The molecule has 2 fully saturated rings. The lowest BCUT2D eigenvalue weighted by Gasteiger charge is -2.11. The van der Waals surface area contributed by atoms with Gasteiger partial charge in [-0.25, -0.2) is 4.79 Å². The summed E-state index contributed by atoms with van der Waals surface area (Å²) in [6.45, 7) is 1.93. The zero-order valence-electron chi connectivity index (χ0n) is 7.86.